The van der Waals surface area contributed by atoms with Gasteiger partial charge in [0.1, 0.15) is 0 Å². The van der Waals surface area contributed by atoms with E-state index in [1.807, 2.05) is 0 Å². The summed E-state index contributed by atoms with van der Waals surface area (Å²) >= 11 is 7.47. The van der Waals surface area contributed by atoms with E-state index >= 15 is 0 Å². The topological polar surface area (TPSA) is 83.1 Å². The molecule has 3 rings (SSSR count). The van der Waals surface area contributed by atoms with Gasteiger partial charge in [0.25, 0.3) is 10.0 Å². The third kappa shape index (κ3) is 3.77. The average Bonchev–Trinajstić information content (AvgIpc) is 3.13. The highest BCUT2D eigenvalue weighted by molar-refractivity contribution is 7.93. The zero-order valence-electron chi connectivity index (χ0n) is 12.4. The molecule has 0 bridgehead atoms. The predicted molar refractivity (Wildman–Crippen MR) is 93.8 cm³/mol. The zero-order chi connectivity index (χ0) is 16.4. The van der Waals surface area contributed by atoms with Crippen molar-refractivity contribution >= 4 is 43.8 Å². The van der Waals surface area contributed by atoms with Crippen LogP contribution in [0.2, 0.25) is 5.02 Å². The lowest BCUT2D eigenvalue weighted by atomic mass is 10.1. The highest BCUT2D eigenvalue weighted by atomic mass is 35.5. The van der Waals surface area contributed by atoms with Crippen LogP contribution in [0.15, 0.2) is 34.7 Å². The summed E-state index contributed by atoms with van der Waals surface area (Å²) in [4.78, 5) is 4.03. The lowest BCUT2D eigenvalue weighted by molar-refractivity contribution is 0.595. The number of halogens is 1. The molecule has 0 saturated carbocycles. The van der Waals surface area contributed by atoms with Crippen molar-refractivity contribution in [3.63, 3.8) is 0 Å². The van der Waals surface area contributed by atoms with E-state index in [9.17, 15) is 8.42 Å². The molecule has 3 N–H and O–H groups in total. The van der Waals surface area contributed by atoms with Gasteiger partial charge in [0.05, 0.1) is 15.6 Å². The van der Waals surface area contributed by atoms with Crippen LogP contribution in [0, 0.1) is 5.92 Å². The number of benzene rings is 1. The molecule has 1 aliphatic rings. The van der Waals surface area contributed by atoms with Crippen molar-refractivity contribution in [2.45, 2.75) is 17.9 Å². The van der Waals surface area contributed by atoms with Gasteiger partial charge in [-0.05, 0) is 30.7 Å². The van der Waals surface area contributed by atoms with E-state index in [-0.39, 0.29) is 10.9 Å². The largest absolute Gasteiger partial charge is 0.380 e. The van der Waals surface area contributed by atoms with Crippen molar-refractivity contribution in [3.8, 4) is 0 Å². The number of rotatable bonds is 5. The molecule has 2 aromatic rings. The van der Waals surface area contributed by atoms with Crippen LogP contribution in [-0.2, 0) is 10.0 Å². The Hall–Kier alpha value is -1.35. The maximum absolute atomic E-state index is 12.3. The molecule has 1 fully saturated rings. The van der Waals surface area contributed by atoms with Crippen molar-refractivity contribution in [1.29, 1.82) is 0 Å². The molecule has 2 atom stereocenters. The van der Waals surface area contributed by atoms with Gasteiger partial charge in [-0.2, -0.15) is 0 Å². The number of nitrogens with zero attached hydrogens (tertiary/aromatic N) is 1. The van der Waals surface area contributed by atoms with E-state index in [0.717, 1.165) is 18.8 Å². The lowest BCUT2D eigenvalue weighted by Crippen LogP contribution is -2.26. The molecule has 0 spiro atoms. The fourth-order valence-corrected chi connectivity index (χ4v) is 4.55. The molecule has 0 radical (unpaired) electrons. The van der Waals surface area contributed by atoms with Crippen LogP contribution in [-0.4, -0.2) is 32.5 Å². The van der Waals surface area contributed by atoms with Crippen LogP contribution in [0.25, 0.3) is 0 Å². The maximum Gasteiger partial charge on any atom is 0.263 e. The molecular formula is C14H17ClN4O2S2. The van der Waals surface area contributed by atoms with Crippen molar-refractivity contribution < 1.29 is 8.42 Å². The summed E-state index contributed by atoms with van der Waals surface area (Å²) in [6.07, 6.45) is 1.54. The second-order valence-corrected chi connectivity index (χ2v) is 8.45. The minimum absolute atomic E-state index is 0.112. The molecule has 0 amide bonds. The van der Waals surface area contributed by atoms with E-state index in [1.165, 1.54) is 23.5 Å². The van der Waals surface area contributed by atoms with Gasteiger partial charge < -0.3 is 10.6 Å². The number of thiazole rings is 1. The Balaban J connectivity index is 1.78. The molecule has 1 aromatic heterocycles. The van der Waals surface area contributed by atoms with Crippen LogP contribution < -0.4 is 15.4 Å². The van der Waals surface area contributed by atoms with E-state index in [4.69, 9.17) is 11.6 Å². The first-order valence-electron chi connectivity index (χ1n) is 7.15. The summed E-state index contributed by atoms with van der Waals surface area (Å²) in [5.74, 6) is 0.487. The van der Waals surface area contributed by atoms with Gasteiger partial charge in [0.2, 0.25) is 0 Å². The summed E-state index contributed by atoms with van der Waals surface area (Å²) in [6.45, 7) is 3.98. The molecule has 6 nitrogen and oxygen atoms in total. The minimum atomic E-state index is -3.69. The van der Waals surface area contributed by atoms with Crippen LogP contribution in [0.5, 0.6) is 0 Å². The van der Waals surface area contributed by atoms with Gasteiger partial charge >= 0.3 is 0 Å². The molecular weight excluding hydrogens is 356 g/mol. The third-order valence-corrected chi connectivity index (χ3v) is 6.23. The monoisotopic (exact) mass is 372 g/mol. The summed E-state index contributed by atoms with van der Waals surface area (Å²) in [5.41, 5.74) is 0.736. The van der Waals surface area contributed by atoms with E-state index in [2.05, 4.69) is 27.3 Å². The van der Waals surface area contributed by atoms with E-state index < -0.39 is 10.0 Å². The Kier molecular flexibility index (Phi) is 4.77. The summed E-state index contributed by atoms with van der Waals surface area (Å²) in [7, 11) is -3.69. The SMILES string of the molecule is C[C@H]1CNC[C@@H]1Nc1ccc(S(=O)(=O)Nc2nccs2)cc1Cl. The fraction of sp³-hybridized carbons (Fsp3) is 0.357. The average molecular weight is 373 g/mol. The Morgan fingerprint density at radius 2 is 2.22 bits per heavy atom. The number of anilines is 2. The third-order valence-electron chi connectivity index (χ3n) is 3.76. The smallest absolute Gasteiger partial charge is 0.263 e. The molecule has 2 heterocycles. The standard InChI is InChI=1S/C14H17ClN4O2S2/c1-9-7-16-8-13(9)18-12-3-2-10(6-11(12)15)23(20,21)19-14-17-4-5-22-14/h2-6,9,13,16,18H,7-8H2,1H3,(H,17,19)/t9-,13-/m0/s1. The normalized spacial score (nSPS) is 21.3. The van der Waals surface area contributed by atoms with Gasteiger partial charge in [-0.3, -0.25) is 4.72 Å². The van der Waals surface area contributed by atoms with Gasteiger partial charge in [0, 0.05) is 24.2 Å². The van der Waals surface area contributed by atoms with Gasteiger partial charge in [-0.1, -0.05) is 18.5 Å². The Morgan fingerprint density at radius 3 is 2.83 bits per heavy atom. The fourth-order valence-electron chi connectivity index (χ4n) is 2.43. The summed E-state index contributed by atoms with van der Waals surface area (Å²) in [5, 5.41) is 9.08. The molecule has 23 heavy (non-hydrogen) atoms. The number of nitrogens with one attached hydrogen (secondary N) is 3. The van der Waals surface area contributed by atoms with Crippen LogP contribution in [0.4, 0.5) is 10.8 Å². The first kappa shape index (κ1) is 16.5. The van der Waals surface area contributed by atoms with Crippen LogP contribution in [0.1, 0.15) is 6.92 Å². The van der Waals surface area contributed by atoms with E-state index in [0.29, 0.717) is 16.1 Å². The molecule has 0 unspecified atom stereocenters. The Labute approximate surface area is 144 Å². The molecule has 1 aliphatic heterocycles. The van der Waals surface area contributed by atoms with Crippen LogP contribution in [0.3, 0.4) is 0 Å². The van der Waals surface area contributed by atoms with Crippen molar-refractivity contribution in [1.82, 2.24) is 10.3 Å². The Bertz CT molecular complexity index is 780. The quantitative estimate of drug-likeness (QED) is 0.751. The number of sulfonamides is 1. The zero-order valence-corrected chi connectivity index (χ0v) is 14.8. The molecule has 124 valence electrons. The number of aromatic nitrogens is 1. The Morgan fingerprint density at radius 1 is 1.39 bits per heavy atom. The molecule has 9 heteroatoms. The second kappa shape index (κ2) is 6.64. The molecule has 1 aromatic carbocycles. The highest BCUT2D eigenvalue weighted by Crippen LogP contribution is 2.28. The van der Waals surface area contributed by atoms with E-state index in [1.54, 1.807) is 17.6 Å². The van der Waals surface area contributed by atoms with Crippen molar-refractivity contribution in [2.75, 3.05) is 23.1 Å². The van der Waals surface area contributed by atoms with Crippen LogP contribution >= 0.6 is 22.9 Å². The van der Waals surface area contributed by atoms with Crippen molar-refractivity contribution in [2.24, 2.45) is 5.92 Å². The highest BCUT2D eigenvalue weighted by Gasteiger charge is 2.24. The van der Waals surface area contributed by atoms with Gasteiger partial charge in [0.15, 0.2) is 5.13 Å². The summed E-state index contributed by atoms with van der Waals surface area (Å²) in [6, 6.07) is 4.97. The molecule has 1 saturated heterocycles. The lowest BCUT2D eigenvalue weighted by Gasteiger charge is -2.19. The summed E-state index contributed by atoms with van der Waals surface area (Å²) < 4.78 is 27.1. The van der Waals surface area contributed by atoms with Gasteiger partial charge in [-0.15, -0.1) is 11.3 Å². The minimum Gasteiger partial charge on any atom is -0.380 e. The maximum atomic E-state index is 12.3. The first-order chi connectivity index (χ1) is 11.0. The molecule has 0 aliphatic carbocycles. The first-order valence-corrected chi connectivity index (χ1v) is 9.89. The van der Waals surface area contributed by atoms with Crippen molar-refractivity contribution in [3.05, 3.63) is 34.8 Å². The number of hydrogen-bond acceptors (Lipinski definition) is 6. The number of hydrogen-bond donors (Lipinski definition) is 3. The van der Waals surface area contributed by atoms with Gasteiger partial charge in [-0.25, -0.2) is 13.4 Å². The second-order valence-electron chi connectivity index (χ2n) is 5.47. The predicted octanol–water partition coefficient (Wildman–Crippen LogP) is 2.62.